The number of thioether (sulfide) groups is 1. The van der Waals surface area contributed by atoms with Crippen LogP contribution >= 0.6 is 11.8 Å². The number of aliphatic hydroxyl groups is 2. The van der Waals surface area contributed by atoms with Crippen LogP contribution in [0.1, 0.15) is 18.1 Å². The zero-order valence-corrected chi connectivity index (χ0v) is 10.1. The second-order valence-electron chi connectivity index (χ2n) is 3.59. The molecule has 1 aromatic rings. The second kappa shape index (κ2) is 6.26. The Hall–Kier alpha value is -1.75. The van der Waals surface area contributed by atoms with Crippen LogP contribution in [-0.4, -0.2) is 27.4 Å². The van der Waals surface area contributed by atoms with Gasteiger partial charge in [-0.3, -0.25) is 4.79 Å². The lowest BCUT2D eigenvalue weighted by Gasteiger charge is -2.18. The van der Waals surface area contributed by atoms with Crippen LogP contribution in [-0.2, 0) is 4.79 Å². The molecule has 0 spiro atoms. The summed E-state index contributed by atoms with van der Waals surface area (Å²) < 4.78 is 0. The van der Waals surface area contributed by atoms with Gasteiger partial charge in [0.1, 0.15) is 11.5 Å². The number of aliphatic carboxylic acids is 1. The van der Waals surface area contributed by atoms with Crippen LogP contribution < -0.4 is 5.73 Å². The third kappa shape index (κ3) is 3.63. The zero-order valence-electron chi connectivity index (χ0n) is 9.28. The number of rotatable bonds is 5. The van der Waals surface area contributed by atoms with Gasteiger partial charge in [0, 0.05) is 16.1 Å². The first-order valence-electron chi connectivity index (χ1n) is 4.99. The largest absolute Gasteiger partial charge is 0.481 e. The predicted octanol–water partition coefficient (Wildman–Crippen LogP) is 0.711. The van der Waals surface area contributed by atoms with Crippen LogP contribution in [0.2, 0.25) is 0 Å². The molecule has 0 saturated heterocycles. The molecule has 2 atom stereocenters. The lowest BCUT2D eigenvalue weighted by Crippen LogP contribution is -2.22. The number of carboxylic acids is 1. The summed E-state index contributed by atoms with van der Waals surface area (Å²) >= 11 is 0.882. The molecule has 0 heterocycles. The highest BCUT2D eigenvalue weighted by molar-refractivity contribution is 8.03. The minimum absolute atomic E-state index is 0.212. The van der Waals surface area contributed by atoms with Crippen LogP contribution in [0.15, 0.2) is 23.1 Å². The van der Waals surface area contributed by atoms with Gasteiger partial charge in [0.15, 0.2) is 0 Å². The number of nitrogen functional groups attached to an aromatic ring is 1. The smallest absolute Gasteiger partial charge is 0.306 e. The quantitative estimate of drug-likeness (QED) is 0.352. The van der Waals surface area contributed by atoms with Crippen molar-refractivity contribution in [3.63, 3.8) is 0 Å². The van der Waals surface area contributed by atoms with Gasteiger partial charge in [0.2, 0.25) is 0 Å². The van der Waals surface area contributed by atoms with Crippen LogP contribution in [0.25, 0.3) is 0 Å². The Morgan fingerprint density at radius 3 is 2.72 bits per heavy atom. The third-order valence-corrected chi connectivity index (χ3v) is 2.87. The van der Waals surface area contributed by atoms with Crippen LogP contribution in [0, 0.1) is 10.7 Å². The molecule has 1 aromatic carbocycles. The van der Waals surface area contributed by atoms with Crippen molar-refractivity contribution in [2.45, 2.75) is 23.5 Å². The Balaban J connectivity index is 2.96. The Bertz CT molecular complexity index is 486. The van der Waals surface area contributed by atoms with E-state index in [1.54, 1.807) is 6.07 Å². The molecule has 0 radical (unpaired) electrons. The van der Waals surface area contributed by atoms with Crippen molar-refractivity contribution < 1.29 is 20.1 Å². The first kappa shape index (κ1) is 14.3. The van der Waals surface area contributed by atoms with Crippen molar-refractivity contribution in [3.05, 3.63) is 23.8 Å². The molecule has 0 amide bonds. The normalized spacial score (nSPS) is 13.6. The SMILES string of the molecule is N#CSc1ccc(N)c(C(O)C(O)CC(=O)O)c1. The lowest BCUT2D eigenvalue weighted by molar-refractivity contribution is -0.141. The van der Waals surface area contributed by atoms with E-state index in [0.29, 0.717) is 4.90 Å². The van der Waals surface area contributed by atoms with Gasteiger partial charge in [-0.1, -0.05) is 0 Å². The molecule has 0 aliphatic carbocycles. The summed E-state index contributed by atoms with van der Waals surface area (Å²) in [7, 11) is 0. The minimum Gasteiger partial charge on any atom is -0.481 e. The first-order chi connectivity index (χ1) is 8.45. The van der Waals surface area contributed by atoms with Crippen molar-refractivity contribution in [1.82, 2.24) is 0 Å². The van der Waals surface area contributed by atoms with E-state index in [-0.39, 0.29) is 11.3 Å². The van der Waals surface area contributed by atoms with Gasteiger partial charge in [-0.25, -0.2) is 0 Å². The van der Waals surface area contributed by atoms with E-state index in [1.165, 1.54) is 12.1 Å². The number of benzene rings is 1. The summed E-state index contributed by atoms with van der Waals surface area (Å²) in [5.41, 5.74) is 6.09. The molecule has 0 bridgehead atoms. The molecule has 96 valence electrons. The minimum atomic E-state index is -1.45. The Morgan fingerprint density at radius 1 is 1.50 bits per heavy atom. The molecule has 0 aliphatic rings. The maximum Gasteiger partial charge on any atom is 0.306 e. The second-order valence-corrected chi connectivity index (χ2v) is 4.45. The number of anilines is 1. The molecular weight excluding hydrogens is 256 g/mol. The molecule has 18 heavy (non-hydrogen) atoms. The van der Waals surface area contributed by atoms with Crippen molar-refractivity contribution in [3.8, 4) is 5.40 Å². The van der Waals surface area contributed by atoms with Crippen molar-refractivity contribution >= 4 is 23.4 Å². The molecule has 0 aromatic heterocycles. The van der Waals surface area contributed by atoms with Gasteiger partial charge < -0.3 is 21.1 Å². The monoisotopic (exact) mass is 268 g/mol. The number of carbonyl (C=O) groups is 1. The van der Waals surface area contributed by atoms with E-state index in [2.05, 4.69) is 0 Å². The van der Waals surface area contributed by atoms with Gasteiger partial charge in [-0.05, 0) is 30.0 Å². The number of nitrogens with two attached hydrogens (primary N) is 1. The summed E-state index contributed by atoms with van der Waals surface area (Å²) in [4.78, 5) is 11.0. The van der Waals surface area contributed by atoms with Gasteiger partial charge >= 0.3 is 5.97 Å². The summed E-state index contributed by atoms with van der Waals surface area (Å²) in [6.07, 6.45) is -3.44. The average Bonchev–Trinajstić information content (AvgIpc) is 2.30. The zero-order chi connectivity index (χ0) is 13.7. The van der Waals surface area contributed by atoms with E-state index in [9.17, 15) is 15.0 Å². The summed E-state index contributed by atoms with van der Waals surface area (Å²) in [5, 5.41) is 38.3. The molecule has 0 fully saturated rings. The van der Waals surface area contributed by atoms with E-state index in [1.807, 2.05) is 5.40 Å². The van der Waals surface area contributed by atoms with E-state index in [0.717, 1.165) is 11.8 Å². The standard InChI is InChI=1S/C11H12N2O4S/c12-5-18-6-1-2-8(13)7(3-6)11(17)9(14)4-10(15)16/h1-3,9,11,14,17H,4,13H2,(H,15,16). The highest BCUT2D eigenvalue weighted by Crippen LogP contribution is 2.29. The fourth-order valence-corrected chi connectivity index (χ4v) is 1.85. The molecule has 0 saturated carbocycles. The van der Waals surface area contributed by atoms with Gasteiger partial charge in [-0.15, -0.1) is 0 Å². The number of hydrogen-bond donors (Lipinski definition) is 4. The van der Waals surface area contributed by atoms with Gasteiger partial charge in [0.25, 0.3) is 0 Å². The number of aliphatic hydroxyl groups excluding tert-OH is 2. The Labute approximate surface area is 108 Å². The predicted molar refractivity (Wildman–Crippen MR) is 65.5 cm³/mol. The highest BCUT2D eigenvalue weighted by Gasteiger charge is 2.23. The number of carboxylic acid groups (broad SMARTS) is 1. The number of thiocyanates is 1. The first-order valence-corrected chi connectivity index (χ1v) is 5.80. The van der Waals surface area contributed by atoms with Gasteiger partial charge in [-0.2, -0.15) is 5.26 Å². The molecule has 5 N–H and O–H groups in total. The van der Waals surface area contributed by atoms with Crippen LogP contribution in [0.5, 0.6) is 0 Å². The average molecular weight is 268 g/mol. The van der Waals surface area contributed by atoms with Gasteiger partial charge in [0.05, 0.1) is 12.5 Å². The summed E-state index contributed by atoms with van der Waals surface area (Å²) in [6, 6.07) is 4.55. The molecule has 6 nitrogen and oxygen atoms in total. The maximum atomic E-state index is 10.5. The fourth-order valence-electron chi connectivity index (χ4n) is 1.42. The topological polar surface area (TPSA) is 128 Å². The van der Waals surface area contributed by atoms with E-state index < -0.39 is 24.6 Å². The molecule has 7 heteroatoms. The highest BCUT2D eigenvalue weighted by atomic mass is 32.2. The van der Waals surface area contributed by atoms with E-state index in [4.69, 9.17) is 16.1 Å². The van der Waals surface area contributed by atoms with Crippen LogP contribution in [0.4, 0.5) is 5.69 Å². The summed E-state index contributed by atoms with van der Waals surface area (Å²) in [6.45, 7) is 0. The van der Waals surface area contributed by atoms with Crippen LogP contribution in [0.3, 0.4) is 0 Å². The van der Waals surface area contributed by atoms with Crippen molar-refractivity contribution in [1.29, 1.82) is 5.26 Å². The molecular formula is C11H12N2O4S. The number of nitriles is 1. The maximum absolute atomic E-state index is 10.5. The van der Waals surface area contributed by atoms with Crippen molar-refractivity contribution in [2.24, 2.45) is 0 Å². The molecule has 2 unspecified atom stereocenters. The molecule has 0 aliphatic heterocycles. The lowest BCUT2D eigenvalue weighted by atomic mass is 10.0. The Morgan fingerprint density at radius 2 is 2.17 bits per heavy atom. The summed E-state index contributed by atoms with van der Waals surface area (Å²) in [5.74, 6) is -1.22. The number of nitrogens with zero attached hydrogens (tertiary/aromatic N) is 1. The van der Waals surface area contributed by atoms with Crippen molar-refractivity contribution in [2.75, 3.05) is 5.73 Å². The molecule has 1 rings (SSSR count). The van der Waals surface area contributed by atoms with E-state index >= 15 is 0 Å². The third-order valence-electron chi connectivity index (χ3n) is 2.29. The Kier molecular flexibility index (Phi) is 4.97. The fraction of sp³-hybridized carbons (Fsp3) is 0.273. The number of hydrogen-bond acceptors (Lipinski definition) is 6.